The van der Waals surface area contributed by atoms with E-state index >= 15 is 0 Å². The molecule has 130 valence electrons. The maximum absolute atomic E-state index is 12.1. The van der Waals surface area contributed by atoms with E-state index in [0.29, 0.717) is 5.56 Å². The number of hydrogen-bond donors (Lipinski definition) is 1. The van der Waals surface area contributed by atoms with Gasteiger partial charge in [0.15, 0.2) is 5.78 Å². The highest BCUT2D eigenvalue weighted by molar-refractivity contribution is 6.04. The zero-order chi connectivity index (χ0) is 18.1. The minimum Gasteiger partial charge on any atom is -0.445 e. The van der Waals surface area contributed by atoms with E-state index in [1.54, 1.807) is 18.2 Å². The van der Waals surface area contributed by atoms with Crippen molar-refractivity contribution in [1.29, 1.82) is 0 Å². The van der Waals surface area contributed by atoms with Crippen LogP contribution in [-0.4, -0.2) is 17.9 Å². The molecule has 0 radical (unpaired) electrons. The molecule has 25 heavy (non-hydrogen) atoms. The van der Waals surface area contributed by atoms with E-state index in [0.717, 1.165) is 5.56 Å². The van der Waals surface area contributed by atoms with Crippen LogP contribution in [0.2, 0.25) is 0 Å². The Bertz CT molecular complexity index is 708. The van der Waals surface area contributed by atoms with Crippen molar-refractivity contribution in [3.8, 4) is 0 Å². The summed E-state index contributed by atoms with van der Waals surface area (Å²) in [6.07, 6.45) is 2.71. The number of benzene rings is 2. The van der Waals surface area contributed by atoms with Gasteiger partial charge in [0.2, 0.25) is 0 Å². The van der Waals surface area contributed by atoms with Gasteiger partial charge < -0.3 is 10.1 Å². The Hall–Kier alpha value is -2.88. The summed E-state index contributed by atoms with van der Waals surface area (Å²) in [5.41, 5.74) is 1.54. The smallest absolute Gasteiger partial charge is 0.407 e. The molecule has 1 amide bonds. The maximum Gasteiger partial charge on any atom is 0.407 e. The molecule has 2 aromatic carbocycles. The highest BCUT2D eigenvalue weighted by Gasteiger charge is 2.15. The van der Waals surface area contributed by atoms with Gasteiger partial charge in [0.25, 0.3) is 0 Å². The number of nitrogens with one attached hydrogen (secondary N) is 1. The van der Waals surface area contributed by atoms with Crippen LogP contribution in [0.4, 0.5) is 4.79 Å². The minimum atomic E-state index is -0.501. The first-order valence-corrected chi connectivity index (χ1v) is 8.31. The summed E-state index contributed by atoms with van der Waals surface area (Å²) >= 11 is 0. The second-order valence-corrected chi connectivity index (χ2v) is 6.07. The van der Waals surface area contributed by atoms with Gasteiger partial charge in [0.1, 0.15) is 6.61 Å². The molecule has 0 heterocycles. The van der Waals surface area contributed by atoms with Crippen LogP contribution in [-0.2, 0) is 11.3 Å². The van der Waals surface area contributed by atoms with Crippen molar-refractivity contribution in [2.24, 2.45) is 5.92 Å². The lowest BCUT2D eigenvalue weighted by Crippen LogP contribution is -2.37. The van der Waals surface area contributed by atoms with Crippen LogP contribution in [0.3, 0.4) is 0 Å². The second-order valence-electron chi connectivity index (χ2n) is 6.07. The van der Waals surface area contributed by atoms with E-state index in [-0.39, 0.29) is 24.3 Å². The largest absolute Gasteiger partial charge is 0.445 e. The Morgan fingerprint density at radius 2 is 1.60 bits per heavy atom. The number of allylic oxidation sites excluding steroid dienone is 1. The van der Waals surface area contributed by atoms with Crippen molar-refractivity contribution < 1.29 is 14.3 Å². The molecule has 0 fully saturated rings. The molecule has 0 aliphatic heterocycles. The highest BCUT2D eigenvalue weighted by atomic mass is 16.5. The van der Waals surface area contributed by atoms with E-state index in [9.17, 15) is 9.59 Å². The van der Waals surface area contributed by atoms with Crippen molar-refractivity contribution in [3.05, 3.63) is 83.9 Å². The Balaban J connectivity index is 1.90. The number of carbonyl (C=O) groups is 2. The Morgan fingerprint density at radius 1 is 1.00 bits per heavy atom. The molecule has 4 heteroatoms. The molecule has 0 saturated carbocycles. The van der Waals surface area contributed by atoms with Gasteiger partial charge in [-0.3, -0.25) is 4.79 Å². The average Bonchev–Trinajstić information content (AvgIpc) is 2.64. The first-order chi connectivity index (χ1) is 12.1. The van der Waals surface area contributed by atoms with Crippen molar-refractivity contribution in [3.63, 3.8) is 0 Å². The van der Waals surface area contributed by atoms with Crippen molar-refractivity contribution in [2.75, 3.05) is 0 Å². The third kappa shape index (κ3) is 6.26. The number of ether oxygens (including phenoxy) is 1. The van der Waals surface area contributed by atoms with Crippen LogP contribution in [0.1, 0.15) is 29.8 Å². The highest BCUT2D eigenvalue weighted by Crippen LogP contribution is 2.07. The number of hydrogen-bond acceptors (Lipinski definition) is 3. The van der Waals surface area contributed by atoms with Gasteiger partial charge in [-0.25, -0.2) is 4.79 Å². The fourth-order valence-electron chi connectivity index (χ4n) is 2.23. The first-order valence-electron chi connectivity index (χ1n) is 8.31. The second kappa shape index (κ2) is 9.42. The molecule has 2 aromatic rings. The minimum absolute atomic E-state index is 0.0919. The maximum atomic E-state index is 12.1. The molecular formula is C21H23NO3. The normalized spacial score (nSPS) is 12.1. The van der Waals surface area contributed by atoms with Gasteiger partial charge in [0, 0.05) is 5.56 Å². The lowest BCUT2D eigenvalue weighted by atomic mass is 10.0. The predicted molar refractivity (Wildman–Crippen MR) is 98.3 cm³/mol. The summed E-state index contributed by atoms with van der Waals surface area (Å²) in [6.45, 7) is 4.16. The number of rotatable bonds is 7. The quantitative estimate of drug-likeness (QED) is 0.603. The Morgan fingerprint density at radius 3 is 2.20 bits per heavy atom. The molecule has 0 spiro atoms. The molecule has 1 unspecified atom stereocenters. The van der Waals surface area contributed by atoms with E-state index in [2.05, 4.69) is 5.32 Å². The summed E-state index contributed by atoms with van der Waals surface area (Å²) in [5, 5.41) is 2.79. The molecular weight excluding hydrogens is 314 g/mol. The average molecular weight is 337 g/mol. The zero-order valence-corrected chi connectivity index (χ0v) is 14.5. The summed E-state index contributed by atoms with van der Waals surface area (Å²) in [7, 11) is 0. The zero-order valence-electron chi connectivity index (χ0n) is 14.5. The predicted octanol–water partition coefficient (Wildman–Crippen LogP) is 4.38. The number of alkyl carbamates (subject to hydrolysis) is 1. The summed E-state index contributed by atoms with van der Waals surface area (Å²) < 4.78 is 5.23. The molecule has 1 atom stereocenters. The summed E-state index contributed by atoms with van der Waals surface area (Å²) in [6, 6.07) is 18.2. The Labute approximate surface area is 148 Å². The molecule has 0 saturated heterocycles. The van der Waals surface area contributed by atoms with Gasteiger partial charge in [-0.15, -0.1) is 0 Å². The molecule has 2 rings (SSSR count). The number of amides is 1. The molecule has 0 aliphatic carbocycles. The van der Waals surface area contributed by atoms with E-state index in [4.69, 9.17) is 4.74 Å². The molecule has 1 N–H and O–H groups in total. The first kappa shape index (κ1) is 18.5. The van der Waals surface area contributed by atoms with E-state index < -0.39 is 6.09 Å². The fraction of sp³-hybridized carbons (Fsp3) is 0.238. The van der Waals surface area contributed by atoms with E-state index in [1.807, 2.05) is 62.4 Å². The van der Waals surface area contributed by atoms with Gasteiger partial charge in [-0.05, 0) is 17.6 Å². The van der Waals surface area contributed by atoms with Crippen LogP contribution >= 0.6 is 0 Å². The third-order valence-corrected chi connectivity index (χ3v) is 3.73. The number of carbonyl (C=O) groups excluding carboxylic acids is 2. The van der Waals surface area contributed by atoms with Crippen molar-refractivity contribution >= 4 is 11.9 Å². The van der Waals surface area contributed by atoms with Crippen LogP contribution in [0.5, 0.6) is 0 Å². The monoisotopic (exact) mass is 337 g/mol. The molecule has 0 aromatic heterocycles. The van der Waals surface area contributed by atoms with Crippen LogP contribution in [0.15, 0.2) is 72.8 Å². The fourth-order valence-corrected chi connectivity index (χ4v) is 2.23. The lowest BCUT2D eigenvalue weighted by molar-refractivity contribution is 0.104. The topological polar surface area (TPSA) is 55.4 Å². The van der Waals surface area contributed by atoms with Gasteiger partial charge in [-0.2, -0.15) is 0 Å². The lowest BCUT2D eigenvalue weighted by Gasteiger charge is -2.18. The summed E-state index contributed by atoms with van der Waals surface area (Å²) in [4.78, 5) is 24.1. The van der Waals surface area contributed by atoms with Gasteiger partial charge in [0.05, 0.1) is 6.04 Å². The van der Waals surface area contributed by atoms with Crippen molar-refractivity contribution in [2.45, 2.75) is 26.5 Å². The van der Waals surface area contributed by atoms with Gasteiger partial charge in [-0.1, -0.05) is 80.6 Å². The van der Waals surface area contributed by atoms with Crippen molar-refractivity contribution in [1.82, 2.24) is 5.32 Å². The van der Waals surface area contributed by atoms with Crippen LogP contribution in [0, 0.1) is 5.92 Å². The molecule has 4 nitrogen and oxygen atoms in total. The van der Waals surface area contributed by atoms with Gasteiger partial charge >= 0.3 is 6.09 Å². The summed E-state index contributed by atoms with van der Waals surface area (Å²) in [5.74, 6) is 0.0369. The van der Waals surface area contributed by atoms with Crippen LogP contribution in [0.25, 0.3) is 0 Å². The third-order valence-electron chi connectivity index (χ3n) is 3.73. The van der Waals surface area contributed by atoms with E-state index in [1.165, 1.54) is 6.08 Å². The standard InChI is InChI=1S/C21H23NO3/c1-16(2)19(13-14-20(23)18-11-7-4-8-12-18)22-21(24)25-15-17-9-5-3-6-10-17/h3-14,16,19H,15H2,1-2H3,(H,22,24)/b14-13+. The molecule has 0 bridgehead atoms. The Kier molecular flexibility index (Phi) is 6.96. The molecule has 0 aliphatic rings. The SMILES string of the molecule is CC(C)C(/C=C/C(=O)c1ccccc1)NC(=O)OCc1ccccc1. The number of ketones is 1. The van der Waals surface area contributed by atoms with Crippen LogP contribution < -0.4 is 5.32 Å².